The van der Waals surface area contributed by atoms with Crippen LogP contribution in [0.2, 0.25) is 0 Å². The molecule has 1 unspecified atom stereocenters. The molecule has 0 saturated carbocycles. The highest BCUT2D eigenvalue weighted by atomic mass is 35.5. The molecule has 10 nitrogen and oxygen atoms in total. The number of halogens is 1. The molecular weight excluding hydrogens is 552 g/mol. The smallest absolute Gasteiger partial charge is 0.267 e. The van der Waals surface area contributed by atoms with Gasteiger partial charge in [-0.05, 0) is 51.0 Å². The maximum absolute atomic E-state index is 14.1. The molecule has 3 N–H and O–H groups in total. The normalized spacial score (nSPS) is 24.6. The van der Waals surface area contributed by atoms with Gasteiger partial charge < -0.3 is 20.7 Å². The van der Waals surface area contributed by atoms with Gasteiger partial charge in [0.05, 0.1) is 43.9 Å². The second kappa shape index (κ2) is 13.5. The Morgan fingerprint density at radius 2 is 1.74 bits per heavy atom. The average molecular weight is 600 g/mol. The minimum Gasteiger partial charge on any atom is -0.381 e. The number of nitrogens with two attached hydrogens (primary N) is 1. The van der Waals surface area contributed by atoms with Gasteiger partial charge in [0.15, 0.2) is 11.4 Å². The third kappa shape index (κ3) is 6.42. The summed E-state index contributed by atoms with van der Waals surface area (Å²) < 4.78 is 8.33. The summed E-state index contributed by atoms with van der Waals surface area (Å²) in [5.41, 5.74) is 8.77. The number of quaternary nitrogens is 1. The van der Waals surface area contributed by atoms with Gasteiger partial charge in [0.1, 0.15) is 11.9 Å². The van der Waals surface area contributed by atoms with Crippen LogP contribution in [0.3, 0.4) is 0 Å². The van der Waals surface area contributed by atoms with Gasteiger partial charge in [0.2, 0.25) is 5.82 Å². The van der Waals surface area contributed by atoms with Crippen LogP contribution in [0.1, 0.15) is 81.0 Å². The van der Waals surface area contributed by atoms with Crippen LogP contribution in [0.25, 0.3) is 0 Å². The van der Waals surface area contributed by atoms with E-state index in [1.54, 1.807) is 12.4 Å². The molecule has 1 amide bonds. The third-order valence-corrected chi connectivity index (χ3v) is 10.1. The van der Waals surface area contributed by atoms with E-state index in [9.17, 15) is 4.79 Å². The predicted octanol–water partition coefficient (Wildman–Crippen LogP) is 4.82. The monoisotopic (exact) mass is 599 g/mol. The van der Waals surface area contributed by atoms with Gasteiger partial charge in [-0.3, -0.25) is 19.2 Å². The molecule has 2 aromatic heterocycles. The fourth-order valence-corrected chi connectivity index (χ4v) is 8.12. The number of piperidine rings is 1. The molecule has 1 spiro atoms. The van der Waals surface area contributed by atoms with Crippen LogP contribution in [0, 0.1) is 0 Å². The van der Waals surface area contributed by atoms with Gasteiger partial charge in [-0.15, -0.1) is 16.7 Å². The molecular formula is C31H48ClN8O2+. The third-order valence-electron chi connectivity index (χ3n) is 9.83. The highest BCUT2D eigenvalue weighted by Gasteiger charge is 2.45. The van der Waals surface area contributed by atoms with Crippen LogP contribution in [-0.2, 0) is 11.3 Å². The van der Waals surface area contributed by atoms with Crippen molar-refractivity contribution in [3.8, 4) is 0 Å². The molecule has 230 valence electrons. The molecule has 3 fully saturated rings. The Balaban J connectivity index is 1.23. The van der Waals surface area contributed by atoms with Crippen molar-refractivity contribution < 1.29 is 9.53 Å². The number of aromatic nitrogens is 3. The zero-order valence-electron chi connectivity index (χ0n) is 25.0. The number of amides is 1. The number of fused-ring (bicyclic) bond motifs is 2. The Hall–Kier alpha value is -2.40. The summed E-state index contributed by atoms with van der Waals surface area (Å²) in [7, 11) is 0. The highest BCUT2D eigenvalue weighted by molar-refractivity contribution is 6.21. The Labute approximate surface area is 255 Å². The molecule has 2 aromatic rings. The lowest BCUT2D eigenvalue weighted by molar-refractivity contribution is -0.0402. The Morgan fingerprint density at radius 1 is 1.02 bits per heavy atom. The molecule has 6 rings (SSSR count). The lowest BCUT2D eigenvalue weighted by Crippen LogP contribution is -2.59. The van der Waals surface area contributed by atoms with Gasteiger partial charge >= 0.3 is 0 Å². The van der Waals surface area contributed by atoms with Crippen LogP contribution < -0.4 is 20.4 Å². The van der Waals surface area contributed by atoms with Gasteiger partial charge in [-0.25, -0.2) is 4.68 Å². The second-order valence-corrected chi connectivity index (χ2v) is 13.4. The maximum atomic E-state index is 14.1. The number of nitrogens with one attached hydrogen (secondary N) is 1. The van der Waals surface area contributed by atoms with E-state index >= 15 is 0 Å². The van der Waals surface area contributed by atoms with E-state index < -0.39 is 0 Å². The molecule has 0 bridgehead atoms. The van der Waals surface area contributed by atoms with Crippen molar-refractivity contribution >= 4 is 40.5 Å². The molecule has 42 heavy (non-hydrogen) atoms. The summed E-state index contributed by atoms with van der Waals surface area (Å²) >= 11 is 6.86. The second-order valence-electron chi connectivity index (χ2n) is 12.7. The van der Waals surface area contributed by atoms with Gasteiger partial charge in [-0.1, -0.05) is 25.7 Å². The number of nitrogens with zero attached hydrogens (tertiary/aromatic N) is 6. The first-order valence-electron chi connectivity index (χ1n) is 16.2. The van der Waals surface area contributed by atoms with Crippen LogP contribution in [0.5, 0.6) is 0 Å². The number of hydrogen-bond acceptors (Lipinski definition) is 7. The predicted molar refractivity (Wildman–Crippen MR) is 169 cm³/mol. The summed E-state index contributed by atoms with van der Waals surface area (Å²) in [5.74, 6) is 1.02. The molecule has 6 heterocycles. The summed E-state index contributed by atoms with van der Waals surface area (Å²) in [5, 5.41) is 7.87. The van der Waals surface area contributed by atoms with Crippen molar-refractivity contribution in [1.82, 2.24) is 24.1 Å². The molecule has 4 aliphatic heterocycles. The minimum absolute atomic E-state index is 0.0396. The van der Waals surface area contributed by atoms with Gasteiger partial charge in [0, 0.05) is 38.5 Å². The van der Waals surface area contributed by atoms with Crippen molar-refractivity contribution in [2.75, 3.05) is 68.6 Å². The van der Waals surface area contributed by atoms with Crippen molar-refractivity contribution in [3.05, 3.63) is 24.0 Å². The number of anilines is 3. The SMILES string of the molecule is Nc1nn2c(c1C(=O)Nc1cnccc1N1CCC(N3CCCOC3)CC1)[N+]1(CCCCCCCCCC1)CC(Cl)C2. The van der Waals surface area contributed by atoms with Crippen LogP contribution in [-0.4, -0.2) is 89.6 Å². The summed E-state index contributed by atoms with van der Waals surface area (Å²) in [6, 6.07) is 2.55. The lowest BCUT2D eigenvalue weighted by atomic mass is 10.0. The molecule has 11 heteroatoms. The van der Waals surface area contributed by atoms with E-state index in [1.807, 2.05) is 10.7 Å². The standard InChI is InChI=1S/C31H47ClN8O2/c32-24-21-39-31(40(22-24)17-7-5-3-1-2-4-6-8-18-40)28(29(33)36-39)30(41)35-26-20-34-13-10-27(26)37-15-11-25(12-16-37)38-14-9-19-42-23-38/h10,13,20,24-25H,1-9,11-12,14-19,21-23H2,(H2-,33,35,36,41)/p+1. The molecule has 0 aliphatic carbocycles. The first-order valence-corrected chi connectivity index (χ1v) is 16.7. The number of rotatable bonds is 4. The van der Waals surface area contributed by atoms with E-state index in [2.05, 4.69) is 25.2 Å². The van der Waals surface area contributed by atoms with Gasteiger partial charge in [-0.2, -0.15) is 0 Å². The van der Waals surface area contributed by atoms with E-state index in [-0.39, 0.29) is 17.1 Å². The summed E-state index contributed by atoms with van der Waals surface area (Å²) in [4.78, 5) is 23.4. The number of alkyl halides is 1. The summed E-state index contributed by atoms with van der Waals surface area (Å²) in [6.07, 6.45) is 16.6. The van der Waals surface area contributed by atoms with Gasteiger partial charge in [0.25, 0.3) is 5.91 Å². The molecule has 0 radical (unpaired) electrons. The van der Waals surface area contributed by atoms with Crippen LogP contribution in [0.15, 0.2) is 18.5 Å². The average Bonchev–Trinajstić information content (AvgIpc) is 3.32. The van der Waals surface area contributed by atoms with E-state index in [0.29, 0.717) is 22.6 Å². The van der Waals surface area contributed by atoms with Crippen LogP contribution >= 0.6 is 11.6 Å². The fourth-order valence-electron chi connectivity index (χ4n) is 7.73. The number of carbonyl (C=O) groups is 1. The largest absolute Gasteiger partial charge is 0.381 e. The molecule has 1 atom stereocenters. The molecule has 4 aliphatic rings. The van der Waals surface area contributed by atoms with Crippen LogP contribution in [0.4, 0.5) is 23.0 Å². The van der Waals surface area contributed by atoms with Crippen molar-refractivity contribution in [1.29, 1.82) is 0 Å². The number of hydrogen-bond donors (Lipinski definition) is 2. The Morgan fingerprint density at radius 3 is 2.43 bits per heavy atom. The zero-order chi connectivity index (χ0) is 28.9. The quantitative estimate of drug-likeness (QED) is 0.384. The highest BCUT2D eigenvalue weighted by Crippen LogP contribution is 2.39. The number of ether oxygens (including phenoxy) is 1. The molecule has 3 saturated heterocycles. The van der Waals surface area contributed by atoms with E-state index in [4.69, 9.17) is 22.1 Å². The van der Waals surface area contributed by atoms with Crippen molar-refractivity contribution in [3.63, 3.8) is 0 Å². The summed E-state index contributed by atoms with van der Waals surface area (Å²) in [6.45, 7) is 7.88. The minimum atomic E-state index is -0.205. The Bertz CT molecular complexity index is 1200. The maximum Gasteiger partial charge on any atom is 0.267 e. The fraction of sp³-hybridized carbons (Fsp3) is 0.710. The van der Waals surface area contributed by atoms with E-state index in [1.165, 1.54) is 38.5 Å². The first-order chi connectivity index (χ1) is 20.5. The number of nitrogen functional groups attached to an aromatic ring is 1. The van der Waals surface area contributed by atoms with Crippen molar-refractivity contribution in [2.24, 2.45) is 0 Å². The zero-order valence-corrected chi connectivity index (χ0v) is 25.7. The Kier molecular flexibility index (Phi) is 9.53. The molecule has 0 aromatic carbocycles. The first kappa shape index (κ1) is 29.7. The topological polar surface area (TPSA) is 102 Å². The number of carbonyl (C=O) groups excluding carboxylic acids is 1. The number of pyridine rings is 1. The lowest BCUT2D eigenvalue weighted by Gasteiger charge is -2.43. The van der Waals surface area contributed by atoms with Crippen molar-refractivity contribution in [2.45, 2.75) is 88.6 Å². The van der Waals surface area contributed by atoms with E-state index in [0.717, 1.165) is 102 Å².